The fourth-order valence-corrected chi connectivity index (χ4v) is 2.32. The van der Waals surface area contributed by atoms with E-state index < -0.39 is 16.4 Å². The summed E-state index contributed by atoms with van der Waals surface area (Å²) in [6.07, 6.45) is 0.894. The molecule has 1 heterocycles. The van der Waals surface area contributed by atoms with Gasteiger partial charge in [-0.1, -0.05) is 12.1 Å². The highest BCUT2D eigenvalue weighted by atomic mass is 19.1. The molecule has 1 aliphatic heterocycles. The van der Waals surface area contributed by atoms with Gasteiger partial charge in [-0.15, -0.1) is 0 Å². The third kappa shape index (κ3) is 2.79. The lowest BCUT2D eigenvalue weighted by atomic mass is 10.1. The third-order valence-electron chi connectivity index (χ3n) is 3.39. The SMILES string of the molecule is O=[N+]([O-])c1cc(NCc2ccc3c(c2)CCO3)ccc1F. The van der Waals surface area contributed by atoms with Gasteiger partial charge in [-0.25, -0.2) is 0 Å². The number of hydrogen-bond acceptors (Lipinski definition) is 4. The van der Waals surface area contributed by atoms with E-state index in [0.717, 1.165) is 23.8 Å². The summed E-state index contributed by atoms with van der Waals surface area (Å²) in [4.78, 5) is 9.97. The van der Waals surface area contributed by atoms with E-state index in [-0.39, 0.29) is 0 Å². The number of nitrogens with one attached hydrogen (secondary N) is 1. The van der Waals surface area contributed by atoms with Crippen LogP contribution in [0.25, 0.3) is 0 Å². The molecule has 1 aliphatic rings. The minimum absolute atomic E-state index is 0.510. The number of fused-ring (bicyclic) bond motifs is 1. The topological polar surface area (TPSA) is 64.4 Å². The molecule has 0 saturated carbocycles. The van der Waals surface area contributed by atoms with Crippen molar-refractivity contribution in [2.75, 3.05) is 11.9 Å². The molecule has 1 N–H and O–H groups in total. The van der Waals surface area contributed by atoms with Crippen LogP contribution in [0.4, 0.5) is 15.8 Å². The van der Waals surface area contributed by atoms with Gasteiger partial charge >= 0.3 is 5.69 Å². The van der Waals surface area contributed by atoms with Gasteiger partial charge in [0.1, 0.15) is 5.75 Å². The van der Waals surface area contributed by atoms with Crippen LogP contribution in [0, 0.1) is 15.9 Å². The van der Waals surface area contributed by atoms with E-state index in [2.05, 4.69) is 5.32 Å². The highest BCUT2D eigenvalue weighted by Gasteiger charge is 2.15. The molecule has 0 spiro atoms. The largest absolute Gasteiger partial charge is 0.493 e. The first-order valence-corrected chi connectivity index (χ1v) is 6.56. The minimum atomic E-state index is -0.833. The predicted molar refractivity (Wildman–Crippen MR) is 76.0 cm³/mol. The van der Waals surface area contributed by atoms with Gasteiger partial charge in [-0.05, 0) is 29.3 Å². The average molecular weight is 288 g/mol. The first kappa shape index (κ1) is 13.4. The Kier molecular flexibility index (Phi) is 3.43. The van der Waals surface area contributed by atoms with Crippen molar-refractivity contribution in [3.05, 3.63) is 63.5 Å². The smallest absolute Gasteiger partial charge is 0.306 e. The summed E-state index contributed by atoms with van der Waals surface area (Å²) in [6, 6.07) is 9.69. The minimum Gasteiger partial charge on any atom is -0.493 e. The summed E-state index contributed by atoms with van der Waals surface area (Å²) < 4.78 is 18.7. The van der Waals surface area contributed by atoms with Crippen LogP contribution in [0.2, 0.25) is 0 Å². The Morgan fingerprint density at radius 1 is 1.29 bits per heavy atom. The molecule has 3 rings (SSSR count). The number of ether oxygens (including phenoxy) is 1. The van der Waals surface area contributed by atoms with Crippen molar-refractivity contribution in [1.82, 2.24) is 0 Å². The number of halogens is 1. The highest BCUT2D eigenvalue weighted by Crippen LogP contribution is 2.26. The van der Waals surface area contributed by atoms with Crippen LogP contribution >= 0.6 is 0 Å². The number of hydrogen-bond donors (Lipinski definition) is 1. The summed E-state index contributed by atoms with van der Waals surface area (Å²) in [5, 5.41) is 13.8. The lowest BCUT2D eigenvalue weighted by Gasteiger charge is -2.08. The van der Waals surface area contributed by atoms with Gasteiger partial charge < -0.3 is 10.1 Å². The number of benzene rings is 2. The summed E-state index contributed by atoms with van der Waals surface area (Å²) in [5.41, 5.74) is 2.20. The summed E-state index contributed by atoms with van der Waals surface area (Å²) in [7, 11) is 0. The lowest BCUT2D eigenvalue weighted by Crippen LogP contribution is -2.01. The van der Waals surface area contributed by atoms with Crippen molar-refractivity contribution >= 4 is 11.4 Å². The van der Waals surface area contributed by atoms with Crippen LogP contribution in [0.1, 0.15) is 11.1 Å². The Bertz CT molecular complexity index is 703. The molecular weight excluding hydrogens is 275 g/mol. The van der Waals surface area contributed by atoms with Gasteiger partial charge in [-0.2, -0.15) is 4.39 Å². The van der Waals surface area contributed by atoms with Gasteiger partial charge in [0, 0.05) is 24.7 Å². The monoisotopic (exact) mass is 288 g/mol. The zero-order valence-electron chi connectivity index (χ0n) is 11.1. The molecule has 2 aromatic carbocycles. The van der Waals surface area contributed by atoms with Crippen molar-refractivity contribution in [3.63, 3.8) is 0 Å². The van der Waals surface area contributed by atoms with Crippen LogP contribution in [-0.4, -0.2) is 11.5 Å². The third-order valence-corrected chi connectivity index (χ3v) is 3.39. The normalized spacial score (nSPS) is 12.6. The van der Waals surface area contributed by atoms with Gasteiger partial charge in [0.25, 0.3) is 0 Å². The van der Waals surface area contributed by atoms with E-state index in [1.807, 2.05) is 18.2 Å². The van der Waals surface area contributed by atoms with E-state index in [0.29, 0.717) is 18.8 Å². The molecule has 0 aliphatic carbocycles. The molecule has 0 aromatic heterocycles. The van der Waals surface area contributed by atoms with Crippen LogP contribution in [0.3, 0.4) is 0 Å². The molecule has 0 saturated heterocycles. The molecule has 6 heteroatoms. The number of nitrogens with zero attached hydrogens (tertiary/aromatic N) is 1. The molecular formula is C15H13FN2O3. The van der Waals surface area contributed by atoms with E-state index in [1.54, 1.807) is 0 Å². The fourth-order valence-electron chi connectivity index (χ4n) is 2.32. The van der Waals surface area contributed by atoms with Crippen LogP contribution in [0.5, 0.6) is 5.75 Å². The zero-order chi connectivity index (χ0) is 14.8. The molecule has 21 heavy (non-hydrogen) atoms. The van der Waals surface area contributed by atoms with Crippen molar-refractivity contribution in [1.29, 1.82) is 0 Å². The number of rotatable bonds is 4. The molecule has 5 nitrogen and oxygen atoms in total. The first-order chi connectivity index (χ1) is 10.1. The second-order valence-electron chi connectivity index (χ2n) is 4.82. The van der Waals surface area contributed by atoms with Crippen molar-refractivity contribution in [2.24, 2.45) is 0 Å². The Morgan fingerprint density at radius 3 is 2.95 bits per heavy atom. The van der Waals surface area contributed by atoms with E-state index in [4.69, 9.17) is 4.74 Å². The van der Waals surface area contributed by atoms with Crippen molar-refractivity contribution in [2.45, 2.75) is 13.0 Å². The van der Waals surface area contributed by atoms with E-state index >= 15 is 0 Å². The first-order valence-electron chi connectivity index (χ1n) is 6.56. The van der Waals surface area contributed by atoms with Crippen LogP contribution in [0.15, 0.2) is 36.4 Å². The number of nitro groups is 1. The Morgan fingerprint density at radius 2 is 2.14 bits per heavy atom. The van der Waals surface area contributed by atoms with Gasteiger partial charge in [0.15, 0.2) is 0 Å². The fraction of sp³-hybridized carbons (Fsp3) is 0.200. The standard InChI is InChI=1S/C15H13FN2O3/c16-13-3-2-12(8-14(13)18(19)20)17-9-10-1-4-15-11(7-10)5-6-21-15/h1-4,7-8,17H,5-6,9H2. The zero-order valence-corrected chi connectivity index (χ0v) is 11.1. The highest BCUT2D eigenvalue weighted by molar-refractivity contribution is 5.52. The van der Waals surface area contributed by atoms with E-state index in [9.17, 15) is 14.5 Å². The maximum atomic E-state index is 13.3. The molecule has 0 fully saturated rings. The maximum absolute atomic E-state index is 13.3. The van der Waals surface area contributed by atoms with Gasteiger partial charge in [0.05, 0.1) is 11.5 Å². The van der Waals surface area contributed by atoms with Gasteiger partial charge in [0.2, 0.25) is 5.82 Å². The molecule has 108 valence electrons. The second kappa shape index (κ2) is 5.40. The maximum Gasteiger partial charge on any atom is 0.306 e. The lowest BCUT2D eigenvalue weighted by molar-refractivity contribution is -0.387. The Balaban J connectivity index is 1.73. The molecule has 0 unspecified atom stereocenters. The number of anilines is 1. The summed E-state index contributed by atoms with van der Waals surface area (Å²) >= 11 is 0. The Hall–Kier alpha value is -2.63. The number of nitro benzene ring substituents is 1. The summed E-state index contributed by atoms with van der Waals surface area (Å²) in [6.45, 7) is 1.21. The van der Waals surface area contributed by atoms with Crippen molar-refractivity contribution in [3.8, 4) is 5.75 Å². The van der Waals surface area contributed by atoms with Crippen molar-refractivity contribution < 1.29 is 14.1 Å². The van der Waals surface area contributed by atoms with Crippen LogP contribution < -0.4 is 10.1 Å². The van der Waals surface area contributed by atoms with Crippen LogP contribution in [-0.2, 0) is 13.0 Å². The molecule has 2 aromatic rings. The molecule has 0 bridgehead atoms. The summed E-state index contributed by atoms with van der Waals surface area (Å²) in [5.74, 6) is 0.0800. The molecule has 0 atom stereocenters. The second-order valence-corrected chi connectivity index (χ2v) is 4.82. The predicted octanol–water partition coefficient (Wildman–Crippen LogP) is 3.28. The van der Waals surface area contributed by atoms with Gasteiger partial charge in [-0.3, -0.25) is 10.1 Å². The molecule has 0 amide bonds. The van der Waals surface area contributed by atoms with E-state index in [1.165, 1.54) is 17.7 Å². The molecule has 0 radical (unpaired) electrons. The Labute approximate surface area is 120 Å². The average Bonchev–Trinajstić information content (AvgIpc) is 2.93. The quantitative estimate of drug-likeness (QED) is 0.692.